The summed E-state index contributed by atoms with van der Waals surface area (Å²) in [5.74, 6) is 4.18. The van der Waals surface area contributed by atoms with Crippen molar-refractivity contribution in [2.75, 3.05) is 0 Å². The second kappa shape index (κ2) is 6.30. The zero-order chi connectivity index (χ0) is 14.7. The van der Waals surface area contributed by atoms with Crippen LogP contribution < -0.4 is 11.3 Å². The van der Waals surface area contributed by atoms with Crippen molar-refractivity contribution >= 4 is 11.6 Å². The lowest BCUT2D eigenvalue weighted by atomic mass is 10.0. The Balaban J connectivity index is 2.26. The molecule has 0 bridgehead atoms. The van der Waals surface area contributed by atoms with Crippen LogP contribution in [-0.4, -0.2) is 9.78 Å². The molecule has 0 aliphatic carbocycles. The van der Waals surface area contributed by atoms with Crippen LogP contribution in [0.3, 0.4) is 0 Å². The van der Waals surface area contributed by atoms with E-state index in [2.05, 4.69) is 10.5 Å². The molecule has 108 valence electrons. The van der Waals surface area contributed by atoms with Crippen molar-refractivity contribution in [3.05, 3.63) is 52.3 Å². The van der Waals surface area contributed by atoms with Gasteiger partial charge in [0.25, 0.3) is 0 Å². The van der Waals surface area contributed by atoms with Crippen LogP contribution in [0.4, 0.5) is 8.78 Å². The van der Waals surface area contributed by atoms with Gasteiger partial charge in [-0.05, 0) is 31.0 Å². The molecular weight excluding hydrogens is 286 g/mol. The number of benzene rings is 1. The summed E-state index contributed by atoms with van der Waals surface area (Å²) >= 11 is 5.54. The minimum Gasteiger partial charge on any atom is -0.273 e. The highest BCUT2D eigenvalue weighted by Gasteiger charge is 2.18. The quantitative estimate of drug-likeness (QED) is 0.507. The molecule has 0 aliphatic heterocycles. The Kier molecular flexibility index (Phi) is 4.69. The fourth-order valence-corrected chi connectivity index (χ4v) is 2.13. The molecule has 0 aliphatic rings. The number of nitrogens with two attached hydrogens (primary N) is 1. The predicted octanol–water partition coefficient (Wildman–Crippen LogP) is 2.58. The molecular formula is C13H15ClF2N4. The van der Waals surface area contributed by atoms with Gasteiger partial charge in [-0.15, -0.1) is 0 Å². The van der Waals surface area contributed by atoms with E-state index in [1.54, 1.807) is 10.9 Å². The molecule has 1 unspecified atom stereocenters. The lowest BCUT2D eigenvalue weighted by Gasteiger charge is -2.16. The highest BCUT2D eigenvalue weighted by Crippen LogP contribution is 2.25. The van der Waals surface area contributed by atoms with Crippen molar-refractivity contribution in [2.45, 2.75) is 25.9 Å². The molecule has 2 aromatic rings. The van der Waals surface area contributed by atoms with Crippen molar-refractivity contribution in [1.29, 1.82) is 0 Å². The van der Waals surface area contributed by atoms with Crippen molar-refractivity contribution in [3.8, 4) is 0 Å². The number of hydrogen-bond donors (Lipinski definition) is 2. The van der Waals surface area contributed by atoms with Gasteiger partial charge in [0.2, 0.25) is 0 Å². The third-order valence-electron chi connectivity index (χ3n) is 3.07. The SMILES string of the molecule is CCn1cc(CC(NN)c2cc(F)c(Cl)cc2F)cn1. The first-order chi connectivity index (χ1) is 9.55. The maximum absolute atomic E-state index is 13.9. The Morgan fingerprint density at radius 1 is 1.40 bits per heavy atom. The molecule has 3 N–H and O–H groups in total. The van der Waals surface area contributed by atoms with Gasteiger partial charge in [0.1, 0.15) is 11.6 Å². The number of aryl methyl sites for hydroxylation is 1. The van der Waals surface area contributed by atoms with Gasteiger partial charge in [0.15, 0.2) is 0 Å². The first-order valence-corrected chi connectivity index (χ1v) is 6.54. The topological polar surface area (TPSA) is 55.9 Å². The number of rotatable bonds is 5. The number of nitrogens with zero attached hydrogens (tertiary/aromatic N) is 2. The van der Waals surface area contributed by atoms with Crippen LogP contribution >= 0.6 is 11.6 Å². The minimum atomic E-state index is -0.674. The summed E-state index contributed by atoms with van der Waals surface area (Å²) in [5, 5.41) is 3.88. The van der Waals surface area contributed by atoms with Gasteiger partial charge in [-0.25, -0.2) is 8.78 Å². The number of halogens is 3. The number of hydrogen-bond acceptors (Lipinski definition) is 3. The van der Waals surface area contributed by atoms with Crippen molar-refractivity contribution in [3.63, 3.8) is 0 Å². The Bertz CT molecular complexity index is 600. The Morgan fingerprint density at radius 2 is 2.15 bits per heavy atom. The van der Waals surface area contributed by atoms with Crippen molar-refractivity contribution in [2.24, 2.45) is 5.84 Å². The van der Waals surface area contributed by atoms with Crippen LogP contribution in [0.25, 0.3) is 0 Å². The minimum absolute atomic E-state index is 0.138. The Labute approximate surface area is 120 Å². The summed E-state index contributed by atoms with van der Waals surface area (Å²) in [6, 6.07) is 1.45. The number of aromatic nitrogens is 2. The lowest BCUT2D eigenvalue weighted by molar-refractivity contribution is 0.502. The van der Waals surface area contributed by atoms with Crippen LogP contribution in [0.15, 0.2) is 24.5 Å². The zero-order valence-electron chi connectivity index (χ0n) is 10.9. The molecule has 0 spiro atoms. The normalized spacial score (nSPS) is 12.7. The fraction of sp³-hybridized carbons (Fsp3) is 0.308. The van der Waals surface area contributed by atoms with Gasteiger partial charge in [-0.3, -0.25) is 16.0 Å². The van der Waals surface area contributed by atoms with Gasteiger partial charge in [-0.1, -0.05) is 11.6 Å². The van der Waals surface area contributed by atoms with Gasteiger partial charge in [-0.2, -0.15) is 5.10 Å². The summed E-state index contributed by atoms with van der Waals surface area (Å²) in [7, 11) is 0. The highest BCUT2D eigenvalue weighted by atomic mass is 35.5. The molecule has 0 radical (unpaired) electrons. The van der Waals surface area contributed by atoms with Gasteiger partial charge in [0, 0.05) is 18.3 Å². The first kappa shape index (κ1) is 14.9. The summed E-state index contributed by atoms with van der Waals surface area (Å²) in [5.41, 5.74) is 3.51. The average Bonchev–Trinajstić information content (AvgIpc) is 2.88. The van der Waals surface area contributed by atoms with E-state index >= 15 is 0 Å². The predicted molar refractivity (Wildman–Crippen MR) is 73.0 cm³/mol. The van der Waals surface area contributed by atoms with Gasteiger partial charge < -0.3 is 0 Å². The highest BCUT2D eigenvalue weighted by molar-refractivity contribution is 6.30. The van der Waals surface area contributed by atoms with Gasteiger partial charge in [0.05, 0.1) is 17.3 Å². The molecule has 4 nitrogen and oxygen atoms in total. The van der Waals surface area contributed by atoms with Crippen molar-refractivity contribution < 1.29 is 8.78 Å². The van der Waals surface area contributed by atoms with Crippen molar-refractivity contribution in [1.82, 2.24) is 15.2 Å². The molecule has 0 saturated heterocycles. The van der Waals surface area contributed by atoms with E-state index in [1.807, 2.05) is 13.1 Å². The number of nitrogens with one attached hydrogen (secondary N) is 1. The second-order valence-electron chi connectivity index (χ2n) is 4.42. The molecule has 20 heavy (non-hydrogen) atoms. The standard InChI is InChI=1S/C13H15ClF2N4/c1-2-20-7-8(6-18-20)3-13(19-17)9-4-12(16)10(14)5-11(9)15/h4-7,13,19H,2-3,17H2,1H3. The largest absolute Gasteiger partial charge is 0.273 e. The van der Waals surface area contributed by atoms with Crippen LogP contribution in [0.2, 0.25) is 5.02 Å². The summed E-state index contributed by atoms with van der Waals surface area (Å²) in [6.07, 6.45) is 3.92. The molecule has 1 aromatic carbocycles. The van der Waals surface area contributed by atoms with Crippen LogP contribution in [0.1, 0.15) is 24.1 Å². The molecule has 1 heterocycles. The molecule has 1 aromatic heterocycles. The van der Waals surface area contributed by atoms with E-state index < -0.39 is 17.7 Å². The molecule has 0 amide bonds. The van der Waals surface area contributed by atoms with E-state index in [4.69, 9.17) is 17.4 Å². The van der Waals surface area contributed by atoms with Crippen LogP contribution in [0, 0.1) is 11.6 Å². The van der Waals surface area contributed by atoms with Crippen LogP contribution in [0.5, 0.6) is 0 Å². The van der Waals surface area contributed by atoms with E-state index in [0.29, 0.717) is 6.42 Å². The smallest absolute Gasteiger partial charge is 0.142 e. The average molecular weight is 301 g/mol. The molecule has 0 fully saturated rings. The van der Waals surface area contributed by atoms with E-state index in [-0.39, 0.29) is 10.6 Å². The molecule has 7 heteroatoms. The fourth-order valence-electron chi connectivity index (χ4n) is 1.98. The van der Waals surface area contributed by atoms with Crippen LogP contribution in [-0.2, 0) is 13.0 Å². The maximum atomic E-state index is 13.9. The first-order valence-electron chi connectivity index (χ1n) is 6.17. The summed E-state index contributed by atoms with van der Waals surface area (Å²) in [6.45, 7) is 2.70. The second-order valence-corrected chi connectivity index (χ2v) is 4.82. The Hall–Kier alpha value is -1.50. The summed E-state index contributed by atoms with van der Waals surface area (Å²) < 4.78 is 29.1. The molecule has 2 rings (SSSR count). The lowest BCUT2D eigenvalue weighted by Crippen LogP contribution is -2.30. The summed E-state index contributed by atoms with van der Waals surface area (Å²) in [4.78, 5) is 0. The Morgan fingerprint density at radius 3 is 2.75 bits per heavy atom. The van der Waals surface area contributed by atoms with Gasteiger partial charge >= 0.3 is 0 Å². The monoisotopic (exact) mass is 300 g/mol. The maximum Gasteiger partial charge on any atom is 0.142 e. The zero-order valence-corrected chi connectivity index (χ0v) is 11.7. The van der Waals surface area contributed by atoms with E-state index in [0.717, 1.165) is 24.2 Å². The third-order valence-corrected chi connectivity index (χ3v) is 3.36. The van der Waals surface area contributed by atoms with E-state index in [9.17, 15) is 8.78 Å². The third kappa shape index (κ3) is 3.15. The van der Waals surface area contributed by atoms with E-state index in [1.165, 1.54) is 0 Å². The number of hydrazine groups is 1. The molecule has 0 saturated carbocycles. The molecule has 1 atom stereocenters.